The molecule has 20 heavy (non-hydrogen) atoms. The molecule has 0 fully saturated rings. The molecule has 1 heterocycles. The van der Waals surface area contributed by atoms with Crippen LogP contribution in [0.2, 0.25) is 0 Å². The van der Waals surface area contributed by atoms with Crippen LogP contribution in [0.25, 0.3) is 0 Å². The van der Waals surface area contributed by atoms with Crippen LogP contribution in [0.5, 0.6) is 0 Å². The van der Waals surface area contributed by atoms with E-state index >= 15 is 0 Å². The Balaban J connectivity index is 2.44. The van der Waals surface area contributed by atoms with E-state index in [-0.39, 0.29) is 0 Å². The number of nitrogen functional groups attached to an aromatic ring is 1. The smallest absolute Gasteiger partial charge is 0.147 e. The number of aromatic nitrogens is 1. The molecule has 0 atom stereocenters. The summed E-state index contributed by atoms with van der Waals surface area (Å²) in [5.74, 6) is 0.927. The van der Waals surface area contributed by atoms with E-state index in [2.05, 4.69) is 44.9 Å². The first-order valence-corrected chi connectivity index (χ1v) is 7.67. The molecule has 0 amide bonds. The molecule has 0 aliphatic rings. The first-order chi connectivity index (χ1) is 9.65. The molecule has 106 valence electrons. The lowest BCUT2D eigenvalue weighted by molar-refractivity contribution is 0.778. The quantitative estimate of drug-likeness (QED) is 0.864. The Kier molecular flexibility index (Phi) is 5.01. The number of anilines is 3. The van der Waals surface area contributed by atoms with Crippen molar-refractivity contribution in [3.8, 4) is 0 Å². The second kappa shape index (κ2) is 6.75. The van der Waals surface area contributed by atoms with Crippen molar-refractivity contribution in [2.75, 3.05) is 17.2 Å². The van der Waals surface area contributed by atoms with Crippen molar-refractivity contribution in [3.63, 3.8) is 0 Å². The molecule has 0 spiro atoms. The minimum Gasteiger partial charge on any atom is -0.397 e. The van der Waals surface area contributed by atoms with Gasteiger partial charge in [0.2, 0.25) is 0 Å². The Morgan fingerprint density at radius 3 is 2.60 bits per heavy atom. The topological polar surface area (TPSA) is 42.2 Å². The molecule has 0 saturated carbocycles. The predicted molar refractivity (Wildman–Crippen MR) is 89.4 cm³/mol. The molecule has 1 aromatic heterocycles. The monoisotopic (exact) mass is 333 g/mol. The Morgan fingerprint density at radius 2 is 1.95 bits per heavy atom. The Hall–Kier alpha value is -1.55. The molecular weight excluding hydrogens is 314 g/mol. The zero-order chi connectivity index (χ0) is 14.5. The second-order valence-electron chi connectivity index (χ2n) is 4.82. The second-order valence-corrected chi connectivity index (χ2v) is 5.61. The first-order valence-electron chi connectivity index (χ1n) is 6.88. The van der Waals surface area contributed by atoms with E-state index in [1.54, 1.807) is 6.20 Å². The van der Waals surface area contributed by atoms with Gasteiger partial charge in [0, 0.05) is 12.2 Å². The number of halogens is 1. The Morgan fingerprint density at radius 1 is 1.25 bits per heavy atom. The summed E-state index contributed by atoms with van der Waals surface area (Å²) in [5.41, 5.74) is 8.82. The zero-order valence-corrected chi connectivity index (χ0v) is 13.5. The summed E-state index contributed by atoms with van der Waals surface area (Å²) in [6.45, 7) is 5.14. The Labute approximate surface area is 129 Å². The molecule has 2 rings (SSSR count). The molecule has 0 radical (unpaired) electrons. The summed E-state index contributed by atoms with van der Waals surface area (Å²) in [4.78, 5) is 6.76. The van der Waals surface area contributed by atoms with Gasteiger partial charge in [-0.25, -0.2) is 4.98 Å². The third-order valence-corrected chi connectivity index (χ3v) is 4.29. The Bertz CT molecular complexity index is 569. The van der Waals surface area contributed by atoms with E-state index < -0.39 is 0 Å². The highest BCUT2D eigenvalue weighted by Gasteiger charge is 2.16. The van der Waals surface area contributed by atoms with E-state index in [1.165, 1.54) is 0 Å². The van der Waals surface area contributed by atoms with Crippen LogP contribution in [0.4, 0.5) is 17.2 Å². The van der Waals surface area contributed by atoms with Crippen molar-refractivity contribution >= 4 is 33.1 Å². The number of benzene rings is 1. The lowest BCUT2D eigenvalue weighted by Crippen LogP contribution is -2.20. The first kappa shape index (κ1) is 14.9. The fourth-order valence-corrected chi connectivity index (χ4v) is 2.59. The minimum absolute atomic E-state index is 0.712. The van der Waals surface area contributed by atoms with Crippen LogP contribution in [-0.4, -0.2) is 11.5 Å². The fraction of sp³-hybridized carbons (Fsp3) is 0.312. The van der Waals surface area contributed by atoms with Gasteiger partial charge in [-0.3, -0.25) is 0 Å². The SMILES string of the molecule is CCCCN(c1ccccc1)c1ncc(N)c(C)c1Br. The summed E-state index contributed by atoms with van der Waals surface area (Å²) < 4.78 is 0.970. The summed E-state index contributed by atoms with van der Waals surface area (Å²) in [6.07, 6.45) is 4.00. The molecule has 2 N–H and O–H groups in total. The molecule has 0 unspecified atom stereocenters. The normalized spacial score (nSPS) is 10.6. The molecule has 1 aromatic carbocycles. The van der Waals surface area contributed by atoms with Gasteiger partial charge in [0.05, 0.1) is 16.4 Å². The largest absolute Gasteiger partial charge is 0.397 e. The summed E-state index contributed by atoms with van der Waals surface area (Å²) in [5, 5.41) is 0. The van der Waals surface area contributed by atoms with Crippen molar-refractivity contribution in [3.05, 3.63) is 46.6 Å². The van der Waals surface area contributed by atoms with Crippen molar-refractivity contribution in [2.24, 2.45) is 0 Å². The van der Waals surface area contributed by atoms with Crippen LogP contribution in [0.15, 0.2) is 41.0 Å². The van der Waals surface area contributed by atoms with Crippen molar-refractivity contribution in [2.45, 2.75) is 26.7 Å². The van der Waals surface area contributed by atoms with E-state index in [4.69, 9.17) is 5.73 Å². The van der Waals surface area contributed by atoms with Gasteiger partial charge in [-0.15, -0.1) is 0 Å². The highest BCUT2D eigenvalue weighted by Crippen LogP contribution is 2.34. The number of nitrogens with two attached hydrogens (primary N) is 1. The van der Waals surface area contributed by atoms with Gasteiger partial charge < -0.3 is 10.6 Å². The van der Waals surface area contributed by atoms with Crippen LogP contribution >= 0.6 is 15.9 Å². The summed E-state index contributed by atoms with van der Waals surface area (Å²) in [6, 6.07) is 10.3. The third kappa shape index (κ3) is 3.12. The lowest BCUT2D eigenvalue weighted by Gasteiger charge is -2.25. The highest BCUT2D eigenvalue weighted by molar-refractivity contribution is 9.10. The van der Waals surface area contributed by atoms with Gasteiger partial charge in [-0.2, -0.15) is 0 Å². The van der Waals surface area contributed by atoms with Crippen LogP contribution in [-0.2, 0) is 0 Å². The predicted octanol–water partition coefficient (Wildman–Crippen LogP) is 4.67. The van der Waals surface area contributed by atoms with Crippen molar-refractivity contribution in [1.82, 2.24) is 4.98 Å². The van der Waals surface area contributed by atoms with E-state index in [0.717, 1.165) is 40.9 Å². The molecular formula is C16H20BrN3. The number of hydrogen-bond acceptors (Lipinski definition) is 3. The van der Waals surface area contributed by atoms with E-state index in [9.17, 15) is 0 Å². The van der Waals surface area contributed by atoms with E-state index in [0.29, 0.717) is 5.69 Å². The average molecular weight is 334 g/mol. The summed E-state index contributed by atoms with van der Waals surface area (Å²) in [7, 11) is 0. The zero-order valence-electron chi connectivity index (χ0n) is 11.9. The van der Waals surface area contributed by atoms with Crippen molar-refractivity contribution in [1.29, 1.82) is 0 Å². The fourth-order valence-electron chi connectivity index (χ4n) is 2.05. The average Bonchev–Trinajstić information content (AvgIpc) is 2.48. The number of nitrogens with zero attached hydrogens (tertiary/aromatic N) is 2. The van der Waals surface area contributed by atoms with Crippen LogP contribution in [0.3, 0.4) is 0 Å². The minimum atomic E-state index is 0.712. The van der Waals surface area contributed by atoms with Gasteiger partial charge >= 0.3 is 0 Å². The third-order valence-electron chi connectivity index (χ3n) is 3.34. The standard InChI is InChI=1S/C16H20BrN3/c1-3-4-10-20(13-8-6-5-7-9-13)16-15(17)12(2)14(18)11-19-16/h5-9,11H,3-4,10,18H2,1-2H3. The summed E-state index contributed by atoms with van der Waals surface area (Å²) >= 11 is 3.64. The maximum absolute atomic E-state index is 5.92. The molecule has 0 bridgehead atoms. The maximum Gasteiger partial charge on any atom is 0.147 e. The van der Waals surface area contributed by atoms with Gasteiger partial charge in [0.1, 0.15) is 5.82 Å². The van der Waals surface area contributed by atoms with Gasteiger partial charge in [0.15, 0.2) is 0 Å². The molecule has 0 saturated heterocycles. The van der Waals surface area contributed by atoms with Crippen LogP contribution in [0.1, 0.15) is 25.3 Å². The van der Waals surface area contributed by atoms with Crippen LogP contribution in [0, 0.1) is 6.92 Å². The van der Waals surface area contributed by atoms with Crippen molar-refractivity contribution < 1.29 is 0 Å². The van der Waals surface area contributed by atoms with Gasteiger partial charge in [-0.1, -0.05) is 31.5 Å². The van der Waals surface area contributed by atoms with Gasteiger partial charge in [-0.05, 0) is 47.0 Å². The van der Waals surface area contributed by atoms with E-state index in [1.807, 2.05) is 25.1 Å². The lowest BCUT2D eigenvalue weighted by atomic mass is 10.2. The number of unbranched alkanes of at least 4 members (excludes halogenated alkanes) is 1. The number of hydrogen-bond donors (Lipinski definition) is 1. The molecule has 2 aromatic rings. The van der Waals surface area contributed by atoms with Gasteiger partial charge in [0.25, 0.3) is 0 Å². The van der Waals surface area contributed by atoms with Crippen LogP contribution < -0.4 is 10.6 Å². The maximum atomic E-state index is 5.92. The molecule has 0 aliphatic heterocycles. The molecule has 0 aliphatic carbocycles. The molecule has 4 heteroatoms. The highest BCUT2D eigenvalue weighted by atomic mass is 79.9. The number of para-hydroxylation sites is 1. The number of rotatable bonds is 5. The molecule has 3 nitrogen and oxygen atoms in total. The number of pyridine rings is 1.